The lowest BCUT2D eigenvalue weighted by Crippen LogP contribution is -2.21. The summed E-state index contributed by atoms with van der Waals surface area (Å²) < 4.78 is 24.2. The van der Waals surface area contributed by atoms with Crippen LogP contribution in [0.4, 0.5) is 10.1 Å². The van der Waals surface area contributed by atoms with Crippen LogP contribution < -0.4 is 16.0 Å². The van der Waals surface area contributed by atoms with Gasteiger partial charge in [-0.15, -0.1) is 0 Å². The minimum atomic E-state index is -0.686. The highest BCUT2D eigenvalue weighted by Gasteiger charge is 2.12. The molecule has 0 saturated heterocycles. The molecule has 5 nitrogen and oxygen atoms in total. The van der Waals surface area contributed by atoms with Crippen molar-refractivity contribution in [2.75, 3.05) is 7.11 Å². The fourth-order valence-corrected chi connectivity index (χ4v) is 2.21. The van der Waals surface area contributed by atoms with Gasteiger partial charge >= 0.3 is 0 Å². The fourth-order valence-electron chi connectivity index (χ4n) is 2.21. The average Bonchev–Trinajstić information content (AvgIpc) is 2.53. The number of benzene rings is 2. The number of ether oxygens (including phenoxy) is 1. The normalized spacial score (nSPS) is 11.7. The number of nitrogens with zero attached hydrogens (tertiary/aromatic N) is 1. The first-order chi connectivity index (χ1) is 11.1. The van der Waals surface area contributed by atoms with E-state index in [1.54, 1.807) is 30.3 Å². The number of amides is 1. The lowest BCUT2D eigenvalue weighted by atomic mass is 10.1. The Balaban J connectivity index is 2.33. The number of halogens is 1. The molecule has 0 atom stereocenters. The number of hydrogen-bond acceptors (Lipinski definition) is 4. The Morgan fingerprint density at radius 3 is 2.70 bits per heavy atom. The summed E-state index contributed by atoms with van der Waals surface area (Å²) in [6, 6.07) is 12.5. The molecule has 0 aliphatic heterocycles. The maximum Gasteiger partial charge on any atom is 0.254 e. The number of methoxy groups -OCH3 is 1. The summed E-state index contributed by atoms with van der Waals surface area (Å²) >= 11 is 0. The molecule has 3 rings (SSSR count). The molecule has 116 valence electrons. The predicted molar refractivity (Wildman–Crippen MR) is 82.9 cm³/mol. The van der Waals surface area contributed by atoms with E-state index in [-0.39, 0.29) is 11.1 Å². The molecule has 0 bridgehead atoms. The molecule has 0 spiro atoms. The molecule has 0 unspecified atom stereocenters. The van der Waals surface area contributed by atoms with Crippen LogP contribution in [0, 0.1) is 5.82 Å². The molecular weight excluding hydrogens is 299 g/mol. The molecule has 0 aliphatic rings. The second kappa shape index (κ2) is 5.92. The zero-order valence-corrected chi connectivity index (χ0v) is 12.2. The number of carbonyl (C=O) groups excluding carboxylic acids is 1. The maximum absolute atomic E-state index is 13.3. The number of primary amides is 1. The Kier molecular flexibility index (Phi) is 3.80. The highest BCUT2D eigenvalue weighted by atomic mass is 19.1. The molecule has 0 saturated carbocycles. The molecule has 3 aromatic rings. The molecule has 0 radical (unpaired) electrons. The molecule has 23 heavy (non-hydrogen) atoms. The van der Waals surface area contributed by atoms with Crippen LogP contribution >= 0.6 is 0 Å². The number of carbonyl (C=O) groups is 1. The molecular formula is C17H13FN2O3. The highest BCUT2D eigenvalue weighted by Crippen LogP contribution is 2.24. The van der Waals surface area contributed by atoms with E-state index in [1.165, 1.54) is 25.3 Å². The van der Waals surface area contributed by atoms with Crippen LogP contribution in [-0.4, -0.2) is 13.0 Å². The van der Waals surface area contributed by atoms with Gasteiger partial charge in [0.25, 0.3) is 5.91 Å². The van der Waals surface area contributed by atoms with Gasteiger partial charge in [0.15, 0.2) is 11.3 Å². The lowest BCUT2D eigenvalue weighted by Gasteiger charge is -2.06. The Labute approximate surface area is 130 Å². The fraction of sp³-hybridized carbons (Fsp3) is 0.0588. The molecule has 2 aromatic carbocycles. The average molecular weight is 312 g/mol. The van der Waals surface area contributed by atoms with Crippen molar-refractivity contribution in [3.8, 4) is 5.75 Å². The molecule has 0 aliphatic carbocycles. The third-order valence-electron chi connectivity index (χ3n) is 3.26. The predicted octanol–water partition coefficient (Wildman–Crippen LogP) is 2.91. The molecule has 0 fully saturated rings. The zero-order valence-electron chi connectivity index (χ0n) is 12.2. The van der Waals surface area contributed by atoms with Gasteiger partial charge in [-0.25, -0.2) is 9.38 Å². The maximum atomic E-state index is 13.3. The number of nitrogens with two attached hydrogens (primary N) is 1. The van der Waals surface area contributed by atoms with E-state index in [2.05, 4.69) is 4.99 Å². The third-order valence-corrected chi connectivity index (χ3v) is 3.26. The summed E-state index contributed by atoms with van der Waals surface area (Å²) in [5.74, 6) is -0.631. The van der Waals surface area contributed by atoms with Crippen molar-refractivity contribution in [2.45, 2.75) is 0 Å². The van der Waals surface area contributed by atoms with Gasteiger partial charge in [0.05, 0.1) is 12.8 Å². The highest BCUT2D eigenvalue weighted by molar-refractivity contribution is 5.96. The Morgan fingerprint density at radius 1 is 1.22 bits per heavy atom. The van der Waals surface area contributed by atoms with Gasteiger partial charge in [0, 0.05) is 5.39 Å². The third kappa shape index (κ3) is 2.91. The van der Waals surface area contributed by atoms with E-state index >= 15 is 0 Å². The van der Waals surface area contributed by atoms with Gasteiger partial charge in [0.1, 0.15) is 11.4 Å². The Bertz CT molecular complexity index is 963. The minimum Gasteiger partial charge on any atom is -0.493 e. The Morgan fingerprint density at radius 2 is 2.00 bits per heavy atom. The van der Waals surface area contributed by atoms with Gasteiger partial charge in [-0.3, -0.25) is 4.79 Å². The first-order valence-corrected chi connectivity index (χ1v) is 6.79. The summed E-state index contributed by atoms with van der Waals surface area (Å²) in [4.78, 5) is 15.9. The van der Waals surface area contributed by atoms with Crippen molar-refractivity contribution in [3.63, 3.8) is 0 Å². The smallest absolute Gasteiger partial charge is 0.254 e. The van der Waals surface area contributed by atoms with Crippen LogP contribution in [0.2, 0.25) is 0 Å². The van der Waals surface area contributed by atoms with Crippen LogP contribution in [0.5, 0.6) is 5.75 Å². The van der Waals surface area contributed by atoms with E-state index in [4.69, 9.17) is 14.9 Å². The van der Waals surface area contributed by atoms with E-state index in [9.17, 15) is 9.18 Å². The van der Waals surface area contributed by atoms with Crippen LogP contribution in [-0.2, 0) is 0 Å². The van der Waals surface area contributed by atoms with E-state index in [1.807, 2.05) is 0 Å². The molecule has 1 amide bonds. The minimum absolute atomic E-state index is 0.0000926. The van der Waals surface area contributed by atoms with Crippen molar-refractivity contribution in [3.05, 3.63) is 65.5 Å². The van der Waals surface area contributed by atoms with Crippen molar-refractivity contribution in [1.82, 2.24) is 0 Å². The monoisotopic (exact) mass is 312 g/mol. The first kappa shape index (κ1) is 14.8. The van der Waals surface area contributed by atoms with Crippen LogP contribution in [0.15, 0.2) is 57.9 Å². The molecule has 1 heterocycles. The summed E-state index contributed by atoms with van der Waals surface area (Å²) in [5.41, 5.74) is 6.24. The number of fused-ring (bicyclic) bond motifs is 1. The van der Waals surface area contributed by atoms with Crippen molar-refractivity contribution < 1.29 is 18.3 Å². The van der Waals surface area contributed by atoms with Gasteiger partial charge in [-0.2, -0.15) is 0 Å². The quantitative estimate of drug-likeness (QED) is 0.807. The number of hydrogen-bond donors (Lipinski definition) is 1. The van der Waals surface area contributed by atoms with E-state index < -0.39 is 11.7 Å². The summed E-state index contributed by atoms with van der Waals surface area (Å²) in [7, 11) is 1.51. The second-order valence-corrected chi connectivity index (χ2v) is 4.80. The largest absolute Gasteiger partial charge is 0.493 e. The Hall–Kier alpha value is -3.15. The van der Waals surface area contributed by atoms with Gasteiger partial charge in [0.2, 0.25) is 5.55 Å². The van der Waals surface area contributed by atoms with Gasteiger partial charge < -0.3 is 14.9 Å². The summed E-state index contributed by atoms with van der Waals surface area (Å²) in [5, 5.41) is 0.649. The zero-order chi connectivity index (χ0) is 16.4. The van der Waals surface area contributed by atoms with E-state index in [0.29, 0.717) is 22.4 Å². The lowest BCUT2D eigenvalue weighted by molar-refractivity contribution is 0.0996. The molecule has 6 heteroatoms. The molecule has 1 aromatic heterocycles. The summed E-state index contributed by atoms with van der Waals surface area (Å²) in [6.45, 7) is 0. The molecule has 2 N–H and O–H groups in total. The number of rotatable bonds is 3. The SMILES string of the molecule is COc1cccc2cc(C(N)=O)c(=Nc3cccc(F)c3)oc12. The first-order valence-electron chi connectivity index (χ1n) is 6.79. The van der Waals surface area contributed by atoms with Gasteiger partial charge in [-0.05, 0) is 30.3 Å². The second-order valence-electron chi connectivity index (χ2n) is 4.80. The van der Waals surface area contributed by atoms with Crippen molar-refractivity contribution in [1.29, 1.82) is 0 Å². The summed E-state index contributed by atoms with van der Waals surface area (Å²) in [6.07, 6.45) is 0. The van der Waals surface area contributed by atoms with Crippen LogP contribution in [0.1, 0.15) is 10.4 Å². The van der Waals surface area contributed by atoms with E-state index in [0.717, 1.165) is 0 Å². The topological polar surface area (TPSA) is 77.8 Å². The van der Waals surface area contributed by atoms with Crippen LogP contribution in [0.25, 0.3) is 11.0 Å². The van der Waals surface area contributed by atoms with Crippen LogP contribution in [0.3, 0.4) is 0 Å². The van der Waals surface area contributed by atoms with Crippen molar-refractivity contribution >= 4 is 22.6 Å². The standard InChI is InChI=1S/C17H13FN2O3/c1-22-14-7-2-4-10-8-13(16(19)21)17(23-15(10)14)20-12-6-3-5-11(18)9-12/h2-9H,1H3,(H2,19,21). The van der Waals surface area contributed by atoms with Crippen molar-refractivity contribution in [2.24, 2.45) is 10.7 Å². The van der Waals surface area contributed by atoms with Gasteiger partial charge in [-0.1, -0.05) is 18.2 Å². The number of para-hydroxylation sites is 1.